The lowest BCUT2D eigenvalue weighted by Crippen LogP contribution is -2.22. The molecule has 0 atom stereocenters. The first-order chi connectivity index (χ1) is 12.5. The fourth-order valence-electron chi connectivity index (χ4n) is 2.50. The van der Waals surface area contributed by atoms with Crippen molar-refractivity contribution < 1.29 is 19.4 Å². The molecule has 0 heterocycles. The SMILES string of the molecule is CCN(CC)c1ccc(C(=O)Nc2ccc(NC(=O)OC)cc2)c(O)c1. The standard InChI is InChI=1S/C19H23N3O4/c1-4-22(5-2)15-10-11-16(17(23)12-15)18(24)20-13-6-8-14(9-7-13)21-19(25)26-3/h6-12,23H,4-5H2,1-3H3,(H,20,24)(H,21,25). The second kappa shape index (κ2) is 8.75. The number of hydrogen-bond acceptors (Lipinski definition) is 5. The molecular weight excluding hydrogens is 334 g/mol. The van der Waals surface area contributed by atoms with Gasteiger partial charge in [-0.15, -0.1) is 0 Å². The van der Waals surface area contributed by atoms with E-state index in [4.69, 9.17) is 0 Å². The van der Waals surface area contributed by atoms with Crippen LogP contribution in [0.4, 0.5) is 21.9 Å². The van der Waals surface area contributed by atoms with E-state index < -0.39 is 12.0 Å². The maximum absolute atomic E-state index is 12.4. The Morgan fingerprint density at radius 3 is 2.08 bits per heavy atom. The van der Waals surface area contributed by atoms with Crippen molar-refractivity contribution in [3.8, 4) is 5.75 Å². The van der Waals surface area contributed by atoms with Crippen molar-refractivity contribution in [2.45, 2.75) is 13.8 Å². The van der Waals surface area contributed by atoms with Gasteiger partial charge < -0.3 is 20.1 Å². The van der Waals surface area contributed by atoms with E-state index in [1.165, 1.54) is 7.11 Å². The molecule has 2 amide bonds. The summed E-state index contributed by atoms with van der Waals surface area (Å²) in [7, 11) is 1.28. The normalized spacial score (nSPS) is 10.1. The fraction of sp³-hybridized carbons (Fsp3) is 0.263. The number of hydrogen-bond donors (Lipinski definition) is 3. The molecule has 7 nitrogen and oxygen atoms in total. The van der Waals surface area contributed by atoms with Gasteiger partial charge >= 0.3 is 6.09 Å². The Kier molecular flexibility index (Phi) is 6.43. The number of methoxy groups -OCH3 is 1. The third-order valence-electron chi connectivity index (χ3n) is 3.93. The zero-order valence-corrected chi connectivity index (χ0v) is 15.1. The molecule has 0 aliphatic carbocycles. The first kappa shape index (κ1) is 19.1. The summed E-state index contributed by atoms with van der Waals surface area (Å²) in [5.41, 5.74) is 2.14. The van der Waals surface area contributed by atoms with Crippen LogP contribution in [0.5, 0.6) is 5.75 Å². The van der Waals surface area contributed by atoms with Crippen LogP contribution in [0.25, 0.3) is 0 Å². The molecule has 0 radical (unpaired) electrons. The van der Waals surface area contributed by atoms with E-state index in [1.54, 1.807) is 36.4 Å². The Hall–Kier alpha value is -3.22. The molecule has 0 saturated heterocycles. The van der Waals surface area contributed by atoms with E-state index in [0.717, 1.165) is 18.8 Å². The van der Waals surface area contributed by atoms with Crippen molar-refractivity contribution in [1.29, 1.82) is 0 Å². The van der Waals surface area contributed by atoms with Crippen LogP contribution >= 0.6 is 0 Å². The summed E-state index contributed by atoms with van der Waals surface area (Å²) in [5, 5.41) is 15.4. The number of carbonyl (C=O) groups is 2. The number of rotatable bonds is 6. The van der Waals surface area contributed by atoms with E-state index in [1.807, 2.05) is 19.9 Å². The molecule has 7 heteroatoms. The number of phenols is 1. The minimum Gasteiger partial charge on any atom is -0.507 e. The lowest BCUT2D eigenvalue weighted by atomic mass is 10.1. The van der Waals surface area contributed by atoms with Crippen molar-refractivity contribution in [3.05, 3.63) is 48.0 Å². The fourth-order valence-corrected chi connectivity index (χ4v) is 2.50. The number of ether oxygens (including phenoxy) is 1. The largest absolute Gasteiger partial charge is 0.507 e. The Bertz CT molecular complexity index is 771. The van der Waals surface area contributed by atoms with E-state index >= 15 is 0 Å². The zero-order valence-electron chi connectivity index (χ0n) is 15.1. The average molecular weight is 357 g/mol. The van der Waals surface area contributed by atoms with Gasteiger partial charge in [0, 0.05) is 36.2 Å². The number of benzene rings is 2. The van der Waals surface area contributed by atoms with Crippen molar-refractivity contribution in [2.24, 2.45) is 0 Å². The average Bonchev–Trinajstić information content (AvgIpc) is 2.64. The number of phenolic OH excluding ortho intramolecular Hbond substituents is 1. The number of anilines is 3. The van der Waals surface area contributed by atoms with E-state index in [-0.39, 0.29) is 11.3 Å². The van der Waals surface area contributed by atoms with Gasteiger partial charge in [0.15, 0.2) is 0 Å². The second-order valence-corrected chi connectivity index (χ2v) is 5.52. The van der Waals surface area contributed by atoms with Crippen molar-refractivity contribution in [2.75, 3.05) is 35.7 Å². The molecule has 26 heavy (non-hydrogen) atoms. The van der Waals surface area contributed by atoms with Crippen molar-refractivity contribution in [3.63, 3.8) is 0 Å². The summed E-state index contributed by atoms with van der Waals surface area (Å²) < 4.78 is 4.51. The molecule has 0 fully saturated rings. The second-order valence-electron chi connectivity index (χ2n) is 5.52. The molecule has 3 N–H and O–H groups in total. The highest BCUT2D eigenvalue weighted by molar-refractivity contribution is 6.06. The molecule has 2 aromatic carbocycles. The van der Waals surface area contributed by atoms with Gasteiger partial charge in [0.2, 0.25) is 0 Å². The van der Waals surface area contributed by atoms with E-state index in [9.17, 15) is 14.7 Å². The first-order valence-corrected chi connectivity index (χ1v) is 8.32. The summed E-state index contributed by atoms with van der Waals surface area (Å²) in [6.07, 6.45) is -0.569. The van der Waals surface area contributed by atoms with Gasteiger partial charge in [-0.05, 0) is 50.2 Å². The summed E-state index contributed by atoms with van der Waals surface area (Å²) >= 11 is 0. The predicted molar refractivity (Wildman–Crippen MR) is 102 cm³/mol. The van der Waals surface area contributed by atoms with Crippen LogP contribution in [0, 0.1) is 0 Å². The van der Waals surface area contributed by atoms with Gasteiger partial charge in [-0.25, -0.2) is 4.79 Å². The van der Waals surface area contributed by atoms with Crippen LogP contribution < -0.4 is 15.5 Å². The monoisotopic (exact) mass is 357 g/mol. The summed E-state index contributed by atoms with van der Waals surface area (Å²) in [5.74, 6) is -0.488. The number of aromatic hydroxyl groups is 1. The van der Waals surface area contributed by atoms with Crippen molar-refractivity contribution in [1.82, 2.24) is 0 Å². The van der Waals surface area contributed by atoms with Crippen LogP contribution in [0.1, 0.15) is 24.2 Å². The highest BCUT2D eigenvalue weighted by atomic mass is 16.5. The Balaban J connectivity index is 2.08. The third kappa shape index (κ3) is 4.66. The molecule has 2 rings (SSSR count). The molecule has 0 aromatic heterocycles. The lowest BCUT2D eigenvalue weighted by molar-refractivity contribution is 0.102. The van der Waals surface area contributed by atoms with E-state index in [0.29, 0.717) is 11.4 Å². The number of carbonyl (C=O) groups excluding carboxylic acids is 2. The quantitative estimate of drug-likeness (QED) is 0.734. The van der Waals surface area contributed by atoms with Crippen LogP contribution in [0.2, 0.25) is 0 Å². The molecule has 0 unspecified atom stereocenters. The Morgan fingerprint density at radius 2 is 1.58 bits per heavy atom. The van der Waals surface area contributed by atoms with Crippen LogP contribution in [-0.4, -0.2) is 37.3 Å². The number of nitrogens with one attached hydrogen (secondary N) is 2. The smallest absolute Gasteiger partial charge is 0.411 e. The maximum atomic E-state index is 12.4. The first-order valence-electron chi connectivity index (χ1n) is 8.32. The molecule has 0 saturated carbocycles. The van der Waals surface area contributed by atoms with Gasteiger partial charge in [-0.3, -0.25) is 10.1 Å². The van der Waals surface area contributed by atoms with Crippen LogP contribution in [-0.2, 0) is 4.74 Å². The number of nitrogens with zero attached hydrogens (tertiary/aromatic N) is 1. The Labute approximate surface area is 152 Å². The molecule has 0 aliphatic rings. The number of amides is 2. The summed E-state index contributed by atoms with van der Waals surface area (Å²) in [4.78, 5) is 25.6. The topological polar surface area (TPSA) is 90.9 Å². The molecule has 138 valence electrons. The highest BCUT2D eigenvalue weighted by Gasteiger charge is 2.13. The predicted octanol–water partition coefficient (Wildman–Crippen LogP) is 3.67. The molecule has 0 bridgehead atoms. The summed E-state index contributed by atoms with van der Waals surface area (Å²) in [6.45, 7) is 5.68. The van der Waals surface area contributed by atoms with Crippen LogP contribution in [0.15, 0.2) is 42.5 Å². The minimum atomic E-state index is -0.569. The minimum absolute atomic E-state index is 0.0733. The van der Waals surface area contributed by atoms with Gasteiger partial charge in [0.25, 0.3) is 5.91 Å². The molecule has 0 spiro atoms. The van der Waals surface area contributed by atoms with Crippen molar-refractivity contribution >= 4 is 29.1 Å². The molecule has 2 aromatic rings. The lowest BCUT2D eigenvalue weighted by Gasteiger charge is -2.21. The summed E-state index contributed by atoms with van der Waals surface area (Å²) in [6, 6.07) is 11.6. The zero-order chi connectivity index (χ0) is 19.1. The Morgan fingerprint density at radius 1 is 1.00 bits per heavy atom. The maximum Gasteiger partial charge on any atom is 0.411 e. The highest BCUT2D eigenvalue weighted by Crippen LogP contribution is 2.25. The third-order valence-corrected chi connectivity index (χ3v) is 3.93. The van der Waals surface area contributed by atoms with Gasteiger partial charge in [-0.2, -0.15) is 0 Å². The van der Waals surface area contributed by atoms with Gasteiger partial charge in [-0.1, -0.05) is 0 Å². The van der Waals surface area contributed by atoms with Gasteiger partial charge in [0.1, 0.15) is 5.75 Å². The van der Waals surface area contributed by atoms with Gasteiger partial charge in [0.05, 0.1) is 12.7 Å². The molecular formula is C19H23N3O4. The van der Waals surface area contributed by atoms with E-state index in [2.05, 4.69) is 20.3 Å². The van der Waals surface area contributed by atoms with Crippen LogP contribution in [0.3, 0.4) is 0 Å². The molecule has 0 aliphatic heterocycles.